The van der Waals surface area contributed by atoms with Crippen molar-refractivity contribution in [3.8, 4) is 0 Å². The molecule has 1 N–H and O–H groups in total. The van der Waals surface area contributed by atoms with Gasteiger partial charge in [-0.2, -0.15) is 0 Å². The van der Waals surface area contributed by atoms with Crippen molar-refractivity contribution in [3.63, 3.8) is 0 Å². The minimum absolute atomic E-state index is 0.252. The van der Waals surface area contributed by atoms with Crippen LogP contribution in [0, 0.1) is 0 Å². The van der Waals surface area contributed by atoms with Crippen LogP contribution < -0.4 is 0 Å². The second-order valence-corrected chi connectivity index (χ2v) is 5.73. The van der Waals surface area contributed by atoms with E-state index in [9.17, 15) is 9.59 Å². The van der Waals surface area contributed by atoms with Crippen molar-refractivity contribution in [1.29, 1.82) is 0 Å². The molecule has 21 heavy (non-hydrogen) atoms. The first-order chi connectivity index (χ1) is 9.74. The maximum absolute atomic E-state index is 12.3. The van der Waals surface area contributed by atoms with Gasteiger partial charge in [-0.25, -0.2) is 9.59 Å². The minimum Gasteiger partial charge on any atom is -0.464 e. The first kappa shape index (κ1) is 17.1. The third-order valence-electron chi connectivity index (χ3n) is 2.73. The van der Waals surface area contributed by atoms with Crippen LogP contribution in [-0.2, 0) is 20.8 Å². The van der Waals surface area contributed by atoms with Crippen LogP contribution in [0.1, 0.15) is 40.3 Å². The molecule has 0 bridgehead atoms. The van der Waals surface area contributed by atoms with Crippen LogP contribution in [0.25, 0.3) is 0 Å². The number of hydrogen-bond donors (Lipinski definition) is 1. The monoisotopic (exact) mass is 296 g/mol. The summed E-state index contributed by atoms with van der Waals surface area (Å²) < 4.78 is 10.3. The van der Waals surface area contributed by atoms with Gasteiger partial charge in [0.2, 0.25) is 0 Å². The van der Waals surface area contributed by atoms with Gasteiger partial charge < -0.3 is 14.5 Å². The maximum atomic E-state index is 12.3. The molecule has 0 unspecified atom stereocenters. The van der Waals surface area contributed by atoms with Crippen LogP contribution in [-0.4, -0.2) is 40.2 Å². The Bertz CT molecular complexity index is 463. The summed E-state index contributed by atoms with van der Waals surface area (Å²) in [6.45, 7) is 9.24. The van der Waals surface area contributed by atoms with Crippen molar-refractivity contribution in [2.45, 2.75) is 52.8 Å². The van der Waals surface area contributed by atoms with E-state index in [1.54, 1.807) is 40.8 Å². The standard InChI is InChI=1S/C15H24N2O4/c1-6-20-13(18)11(2)17(10-12-8-7-9-16-12)14(19)21-15(3,4)5/h7-9,11,16H,6,10H2,1-5H3/t11-/m0/s1. The molecule has 0 fully saturated rings. The summed E-state index contributed by atoms with van der Waals surface area (Å²) in [6, 6.07) is 2.95. The fraction of sp³-hybridized carbons (Fsp3) is 0.600. The van der Waals surface area contributed by atoms with Crippen LogP contribution in [0.3, 0.4) is 0 Å². The first-order valence-electron chi connectivity index (χ1n) is 7.03. The lowest BCUT2D eigenvalue weighted by molar-refractivity contribution is -0.148. The largest absolute Gasteiger partial charge is 0.464 e. The fourth-order valence-electron chi connectivity index (χ4n) is 1.72. The topological polar surface area (TPSA) is 71.6 Å². The molecule has 1 aromatic heterocycles. The highest BCUT2D eigenvalue weighted by molar-refractivity contribution is 5.81. The molecule has 0 aromatic carbocycles. The van der Waals surface area contributed by atoms with Crippen LogP contribution in [0.5, 0.6) is 0 Å². The SMILES string of the molecule is CCOC(=O)[C@H](C)N(Cc1ccc[nH]1)C(=O)OC(C)(C)C. The average Bonchev–Trinajstić information content (AvgIpc) is 2.86. The van der Waals surface area contributed by atoms with E-state index in [1.807, 2.05) is 12.1 Å². The number of hydrogen-bond acceptors (Lipinski definition) is 4. The lowest BCUT2D eigenvalue weighted by Gasteiger charge is -2.30. The normalized spacial score (nSPS) is 12.6. The Morgan fingerprint density at radius 3 is 2.52 bits per heavy atom. The van der Waals surface area contributed by atoms with E-state index >= 15 is 0 Å². The van der Waals surface area contributed by atoms with Crippen molar-refractivity contribution in [2.75, 3.05) is 6.61 Å². The number of esters is 1. The number of carbonyl (C=O) groups is 2. The summed E-state index contributed by atoms with van der Waals surface area (Å²) in [6.07, 6.45) is 1.22. The number of aromatic nitrogens is 1. The van der Waals surface area contributed by atoms with Gasteiger partial charge in [-0.05, 0) is 46.8 Å². The zero-order valence-electron chi connectivity index (χ0n) is 13.3. The number of carbonyl (C=O) groups excluding carboxylic acids is 2. The molecule has 0 saturated heterocycles. The first-order valence-corrected chi connectivity index (χ1v) is 7.03. The zero-order chi connectivity index (χ0) is 16.0. The molecule has 6 nitrogen and oxygen atoms in total. The predicted octanol–water partition coefficient (Wildman–Crippen LogP) is 2.70. The number of nitrogens with zero attached hydrogens (tertiary/aromatic N) is 1. The van der Waals surface area contributed by atoms with Gasteiger partial charge >= 0.3 is 12.1 Å². The highest BCUT2D eigenvalue weighted by atomic mass is 16.6. The van der Waals surface area contributed by atoms with Crippen molar-refractivity contribution in [1.82, 2.24) is 9.88 Å². The van der Waals surface area contributed by atoms with E-state index in [0.717, 1.165) is 5.69 Å². The van der Waals surface area contributed by atoms with Gasteiger partial charge in [0, 0.05) is 11.9 Å². The van der Waals surface area contributed by atoms with Gasteiger partial charge in [0.05, 0.1) is 13.2 Å². The van der Waals surface area contributed by atoms with Crippen LogP contribution in [0.2, 0.25) is 0 Å². The van der Waals surface area contributed by atoms with Crippen molar-refractivity contribution in [3.05, 3.63) is 24.0 Å². The van der Waals surface area contributed by atoms with E-state index in [1.165, 1.54) is 4.90 Å². The van der Waals surface area contributed by atoms with Gasteiger partial charge in [0.25, 0.3) is 0 Å². The van der Waals surface area contributed by atoms with E-state index in [-0.39, 0.29) is 13.2 Å². The number of rotatable bonds is 5. The zero-order valence-corrected chi connectivity index (χ0v) is 13.3. The lowest BCUT2D eigenvalue weighted by atomic mass is 10.2. The minimum atomic E-state index is -0.719. The van der Waals surface area contributed by atoms with E-state index in [0.29, 0.717) is 0 Å². The summed E-state index contributed by atoms with van der Waals surface area (Å²) >= 11 is 0. The molecule has 1 aromatic rings. The van der Waals surface area contributed by atoms with Crippen LogP contribution in [0.4, 0.5) is 4.79 Å². The number of nitrogens with one attached hydrogen (secondary N) is 1. The molecule has 0 aliphatic rings. The Labute approximate surface area is 125 Å². The fourth-order valence-corrected chi connectivity index (χ4v) is 1.72. The molecular formula is C15H24N2O4. The number of H-pyrrole nitrogens is 1. The predicted molar refractivity (Wildman–Crippen MR) is 78.7 cm³/mol. The summed E-state index contributed by atoms with van der Waals surface area (Å²) in [5, 5.41) is 0. The highest BCUT2D eigenvalue weighted by Gasteiger charge is 2.31. The van der Waals surface area contributed by atoms with E-state index < -0.39 is 23.7 Å². The molecular weight excluding hydrogens is 272 g/mol. The van der Waals surface area contributed by atoms with E-state index in [2.05, 4.69) is 4.98 Å². The highest BCUT2D eigenvalue weighted by Crippen LogP contribution is 2.15. The second kappa shape index (κ2) is 7.15. The van der Waals surface area contributed by atoms with Crippen molar-refractivity contribution in [2.24, 2.45) is 0 Å². The van der Waals surface area contributed by atoms with Crippen molar-refractivity contribution < 1.29 is 19.1 Å². The van der Waals surface area contributed by atoms with Gasteiger partial charge in [-0.3, -0.25) is 4.90 Å². The third-order valence-corrected chi connectivity index (χ3v) is 2.73. The molecule has 1 amide bonds. The summed E-state index contributed by atoms with van der Waals surface area (Å²) in [5.41, 5.74) is 0.191. The van der Waals surface area contributed by atoms with Gasteiger partial charge in [-0.1, -0.05) is 0 Å². The quantitative estimate of drug-likeness (QED) is 0.848. The molecule has 6 heteroatoms. The average molecular weight is 296 g/mol. The van der Waals surface area contributed by atoms with Crippen LogP contribution >= 0.6 is 0 Å². The molecule has 1 heterocycles. The maximum Gasteiger partial charge on any atom is 0.411 e. The lowest BCUT2D eigenvalue weighted by Crippen LogP contribution is -2.46. The molecule has 0 aliphatic carbocycles. The number of amides is 1. The molecule has 0 saturated carbocycles. The van der Waals surface area contributed by atoms with E-state index in [4.69, 9.17) is 9.47 Å². The van der Waals surface area contributed by atoms with Gasteiger partial charge in [0.1, 0.15) is 11.6 Å². The molecule has 0 aliphatic heterocycles. The number of ether oxygens (including phenoxy) is 2. The van der Waals surface area contributed by atoms with Gasteiger partial charge in [-0.15, -0.1) is 0 Å². The van der Waals surface area contributed by atoms with Gasteiger partial charge in [0.15, 0.2) is 0 Å². The summed E-state index contributed by atoms with van der Waals surface area (Å²) in [5.74, 6) is -0.449. The summed E-state index contributed by atoms with van der Waals surface area (Å²) in [4.78, 5) is 28.6. The van der Waals surface area contributed by atoms with Crippen molar-refractivity contribution >= 4 is 12.1 Å². The second-order valence-electron chi connectivity index (χ2n) is 5.73. The Hall–Kier alpha value is -1.98. The number of aromatic amines is 1. The molecule has 1 atom stereocenters. The molecule has 118 valence electrons. The smallest absolute Gasteiger partial charge is 0.411 e. The Morgan fingerprint density at radius 2 is 2.05 bits per heavy atom. The Balaban J connectivity index is 2.88. The summed E-state index contributed by atoms with van der Waals surface area (Å²) in [7, 11) is 0. The molecule has 0 radical (unpaired) electrons. The Kier molecular flexibility index (Phi) is 5.81. The molecule has 1 rings (SSSR count). The molecule has 0 spiro atoms. The third kappa shape index (κ3) is 5.49. The van der Waals surface area contributed by atoms with Crippen LogP contribution in [0.15, 0.2) is 18.3 Å². The Morgan fingerprint density at radius 1 is 1.38 bits per heavy atom.